The minimum Gasteiger partial charge on any atom is -0.307 e. The molecule has 0 aliphatic rings. The summed E-state index contributed by atoms with van der Waals surface area (Å²) in [6, 6.07) is 4.28. The lowest BCUT2D eigenvalue weighted by atomic mass is 9.92. The molecule has 0 bridgehead atoms. The molecular weight excluding hydrogens is 266 g/mol. The summed E-state index contributed by atoms with van der Waals surface area (Å²) in [4.78, 5) is 1.40. The van der Waals surface area contributed by atoms with Crippen LogP contribution in [0, 0.1) is 0 Å². The molecule has 74 valence electrons. The van der Waals surface area contributed by atoms with Gasteiger partial charge in [0.15, 0.2) is 0 Å². The third-order valence-electron chi connectivity index (χ3n) is 1.92. The molecule has 0 aliphatic heterocycles. The summed E-state index contributed by atoms with van der Waals surface area (Å²) >= 11 is 9.41. The molecule has 0 amide bonds. The zero-order valence-electron chi connectivity index (χ0n) is 7.80. The average molecular weight is 280 g/mol. The van der Waals surface area contributed by atoms with Crippen molar-refractivity contribution in [1.29, 1.82) is 0 Å². The van der Waals surface area contributed by atoms with Crippen molar-refractivity contribution in [2.75, 3.05) is 12.4 Å². The van der Waals surface area contributed by atoms with Crippen molar-refractivity contribution in [1.82, 2.24) is 5.32 Å². The summed E-state index contributed by atoms with van der Waals surface area (Å²) in [5, 5.41) is 3.25. The molecule has 0 aromatic carbocycles. The van der Waals surface area contributed by atoms with Crippen molar-refractivity contribution < 1.29 is 0 Å². The van der Waals surface area contributed by atoms with Crippen molar-refractivity contribution in [3.05, 3.63) is 20.8 Å². The Labute approximate surface area is 97.5 Å². The predicted molar refractivity (Wildman–Crippen MR) is 66.9 cm³/mol. The van der Waals surface area contributed by atoms with Gasteiger partial charge in [-0.05, 0) is 28.1 Å². The molecule has 1 rings (SSSR count). The number of thiol groups is 1. The van der Waals surface area contributed by atoms with Gasteiger partial charge in [-0.25, -0.2) is 0 Å². The molecule has 1 nitrogen and oxygen atoms in total. The fourth-order valence-corrected chi connectivity index (χ4v) is 2.73. The lowest BCUT2D eigenvalue weighted by molar-refractivity contribution is 0.499. The molecule has 0 radical (unpaired) electrons. The highest BCUT2D eigenvalue weighted by Crippen LogP contribution is 2.32. The van der Waals surface area contributed by atoms with Crippen LogP contribution < -0.4 is 5.32 Å². The van der Waals surface area contributed by atoms with E-state index in [4.69, 9.17) is 0 Å². The van der Waals surface area contributed by atoms with Gasteiger partial charge in [0, 0.05) is 22.7 Å². The third-order valence-corrected chi connectivity index (χ3v) is 4.13. The molecule has 13 heavy (non-hydrogen) atoms. The van der Waals surface area contributed by atoms with Crippen molar-refractivity contribution in [3.63, 3.8) is 0 Å². The van der Waals surface area contributed by atoms with Gasteiger partial charge in [0.25, 0.3) is 0 Å². The van der Waals surface area contributed by atoms with Crippen LogP contribution in [0.2, 0.25) is 0 Å². The summed E-state index contributed by atoms with van der Waals surface area (Å²) in [6.07, 6.45) is 0. The fourth-order valence-electron chi connectivity index (χ4n) is 1.13. The predicted octanol–water partition coefficient (Wildman–Crippen LogP) is 3.27. The van der Waals surface area contributed by atoms with Gasteiger partial charge in [0.1, 0.15) is 0 Å². The number of hydrogen-bond donors (Lipinski definition) is 2. The number of halogens is 1. The van der Waals surface area contributed by atoms with Crippen molar-refractivity contribution in [2.24, 2.45) is 0 Å². The van der Waals surface area contributed by atoms with Crippen molar-refractivity contribution in [2.45, 2.75) is 19.3 Å². The van der Waals surface area contributed by atoms with E-state index in [1.54, 1.807) is 11.3 Å². The second-order valence-corrected chi connectivity index (χ2v) is 6.35. The van der Waals surface area contributed by atoms with Gasteiger partial charge >= 0.3 is 0 Å². The van der Waals surface area contributed by atoms with E-state index in [2.05, 4.69) is 59.9 Å². The first kappa shape index (κ1) is 11.6. The molecule has 0 aliphatic carbocycles. The Hall–Kier alpha value is 0.490. The number of thiophene rings is 1. The minimum atomic E-state index is 0.194. The summed E-state index contributed by atoms with van der Waals surface area (Å²) in [5.41, 5.74) is 0.194. The second-order valence-electron chi connectivity index (χ2n) is 3.57. The Kier molecular flexibility index (Phi) is 4.29. The monoisotopic (exact) mass is 279 g/mol. The molecule has 4 heteroatoms. The van der Waals surface area contributed by atoms with E-state index in [0.29, 0.717) is 0 Å². The van der Waals surface area contributed by atoms with E-state index in [-0.39, 0.29) is 5.41 Å². The van der Waals surface area contributed by atoms with E-state index in [0.717, 1.165) is 12.4 Å². The van der Waals surface area contributed by atoms with Gasteiger partial charge in [-0.3, -0.25) is 0 Å². The van der Waals surface area contributed by atoms with Gasteiger partial charge in [-0.2, -0.15) is 12.6 Å². The average Bonchev–Trinajstić information content (AvgIpc) is 2.49. The zero-order valence-corrected chi connectivity index (χ0v) is 11.1. The molecule has 1 aromatic heterocycles. The van der Waals surface area contributed by atoms with Crippen LogP contribution >= 0.6 is 39.9 Å². The zero-order chi connectivity index (χ0) is 9.90. The van der Waals surface area contributed by atoms with Gasteiger partial charge in [-0.15, -0.1) is 11.3 Å². The van der Waals surface area contributed by atoms with Crippen LogP contribution in [0.3, 0.4) is 0 Å². The van der Waals surface area contributed by atoms with Crippen LogP contribution in [0.5, 0.6) is 0 Å². The van der Waals surface area contributed by atoms with Gasteiger partial charge in [0.2, 0.25) is 0 Å². The highest BCUT2D eigenvalue weighted by atomic mass is 79.9. The van der Waals surface area contributed by atoms with E-state index in [1.807, 2.05) is 0 Å². The Bertz CT molecular complexity index is 270. The van der Waals surface area contributed by atoms with Gasteiger partial charge in [-0.1, -0.05) is 13.8 Å². The van der Waals surface area contributed by atoms with Crippen LogP contribution in [0.1, 0.15) is 18.7 Å². The number of hydrogen-bond acceptors (Lipinski definition) is 3. The SMILES string of the molecule is CC(C)(CNCS)c1ccc(Br)s1. The lowest BCUT2D eigenvalue weighted by Gasteiger charge is -2.23. The summed E-state index contributed by atoms with van der Waals surface area (Å²) in [5.74, 6) is 0.732. The second kappa shape index (κ2) is 4.82. The van der Waals surface area contributed by atoms with Crippen molar-refractivity contribution >= 4 is 39.9 Å². The largest absolute Gasteiger partial charge is 0.307 e. The topological polar surface area (TPSA) is 12.0 Å². The first-order chi connectivity index (χ1) is 6.06. The first-order valence-electron chi connectivity index (χ1n) is 4.13. The highest BCUT2D eigenvalue weighted by molar-refractivity contribution is 9.11. The summed E-state index contributed by atoms with van der Waals surface area (Å²) in [6.45, 7) is 5.44. The lowest BCUT2D eigenvalue weighted by Crippen LogP contribution is -2.31. The van der Waals surface area contributed by atoms with E-state index >= 15 is 0 Å². The van der Waals surface area contributed by atoms with Crippen molar-refractivity contribution in [3.8, 4) is 0 Å². The Morgan fingerprint density at radius 3 is 2.69 bits per heavy atom. The molecule has 0 saturated heterocycles. The maximum atomic E-state index is 4.13. The Morgan fingerprint density at radius 1 is 1.54 bits per heavy atom. The molecule has 0 saturated carbocycles. The maximum absolute atomic E-state index is 4.13. The Morgan fingerprint density at radius 2 is 2.23 bits per heavy atom. The summed E-state index contributed by atoms with van der Waals surface area (Å²) < 4.78 is 1.20. The van der Waals surface area contributed by atoms with Crippen LogP contribution in [-0.4, -0.2) is 12.4 Å². The Balaban J connectivity index is 2.68. The third kappa shape index (κ3) is 3.27. The normalized spacial score (nSPS) is 12.0. The number of rotatable bonds is 4. The van der Waals surface area contributed by atoms with Crippen LogP contribution in [0.4, 0.5) is 0 Å². The van der Waals surface area contributed by atoms with E-state index < -0.39 is 0 Å². The van der Waals surface area contributed by atoms with Crippen LogP contribution in [0.15, 0.2) is 15.9 Å². The minimum absolute atomic E-state index is 0.194. The van der Waals surface area contributed by atoms with Gasteiger partial charge in [0.05, 0.1) is 3.79 Å². The highest BCUT2D eigenvalue weighted by Gasteiger charge is 2.21. The molecule has 1 N–H and O–H groups in total. The maximum Gasteiger partial charge on any atom is 0.0701 e. The summed E-state index contributed by atoms with van der Waals surface area (Å²) in [7, 11) is 0. The first-order valence-corrected chi connectivity index (χ1v) is 6.38. The molecule has 0 unspecified atom stereocenters. The van der Waals surface area contributed by atoms with Crippen LogP contribution in [-0.2, 0) is 5.41 Å². The standard InChI is InChI=1S/C9H14BrNS2/c1-9(2,5-11-6-12)7-3-4-8(10)13-7/h3-4,11-12H,5-6H2,1-2H3. The fraction of sp³-hybridized carbons (Fsp3) is 0.556. The van der Waals surface area contributed by atoms with Crippen LogP contribution in [0.25, 0.3) is 0 Å². The van der Waals surface area contributed by atoms with E-state index in [9.17, 15) is 0 Å². The molecular formula is C9H14BrNS2. The molecule has 0 spiro atoms. The molecule has 1 aromatic rings. The molecule has 0 fully saturated rings. The quantitative estimate of drug-likeness (QED) is 0.637. The molecule has 0 atom stereocenters. The smallest absolute Gasteiger partial charge is 0.0701 e. The molecule has 1 heterocycles. The van der Waals surface area contributed by atoms with E-state index in [1.165, 1.54) is 8.66 Å². The number of nitrogens with one attached hydrogen (secondary N) is 1. The van der Waals surface area contributed by atoms with Gasteiger partial charge < -0.3 is 5.32 Å².